The maximum Gasteiger partial charge on any atom is 0.417 e. The zero-order chi connectivity index (χ0) is 60.9. The van der Waals surface area contributed by atoms with Crippen LogP contribution >= 0.6 is 11.3 Å². The maximum atomic E-state index is 16.2. The molecule has 6 atom stereocenters. The Morgan fingerprint density at radius 2 is 1.54 bits per heavy atom. The van der Waals surface area contributed by atoms with Crippen LogP contribution in [0.3, 0.4) is 0 Å². The van der Waals surface area contributed by atoms with Gasteiger partial charge in [0.25, 0.3) is 11.8 Å². The first-order chi connectivity index (χ1) is 40.5. The van der Waals surface area contributed by atoms with Gasteiger partial charge in [-0.25, -0.2) is 23.7 Å². The summed E-state index contributed by atoms with van der Waals surface area (Å²) in [6, 6.07) is 12.8. The van der Waals surface area contributed by atoms with Gasteiger partial charge < -0.3 is 44.6 Å². The van der Waals surface area contributed by atoms with Crippen molar-refractivity contribution in [2.45, 2.75) is 122 Å². The lowest BCUT2D eigenvalue weighted by Gasteiger charge is -2.44. The van der Waals surface area contributed by atoms with Gasteiger partial charge in [0, 0.05) is 100 Å². The number of hydrogen-bond donors (Lipinski definition) is 3. The largest absolute Gasteiger partial charge is 0.476 e. The lowest BCUT2D eigenvalue weighted by molar-refractivity contribution is -0.141. The Morgan fingerprint density at radius 1 is 0.847 bits per heavy atom. The van der Waals surface area contributed by atoms with Crippen molar-refractivity contribution >= 4 is 52.3 Å². The number of carbonyl (C=O) groups excluding carboxylic acids is 4. The minimum absolute atomic E-state index is 0.000197. The molecule has 6 heterocycles. The Balaban J connectivity index is 0.720. The molecule has 3 aliphatic heterocycles. The zero-order valence-electron chi connectivity index (χ0n) is 48.7. The van der Waals surface area contributed by atoms with Crippen molar-refractivity contribution in [2.75, 3.05) is 74.6 Å². The minimum Gasteiger partial charge on any atom is -0.476 e. The molecule has 3 aliphatic rings. The topological polar surface area (TPSA) is 203 Å². The molecule has 4 amide bonds. The molecule has 0 radical (unpaired) electrons. The van der Waals surface area contributed by atoms with Gasteiger partial charge in [0.15, 0.2) is 5.76 Å². The summed E-state index contributed by atoms with van der Waals surface area (Å²) in [6.45, 7) is 14.6. The number of likely N-dealkylation sites (N-methyl/N-ethyl adjacent to an activating group) is 1. The summed E-state index contributed by atoms with van der Waals surface area (Å²) in [5.41, 5.74) is 3.05. The molecule has 3 aromatic heterocycles. The minimum atomic E-state index is -5.02. The number of aliphatic hydroxyl groups excluding tert-OH is 1. The van der Waals surface area contributed by atoms with Gasteiger partial charge in [-0.05, 0) is 100 Å². The number of piperazine rings is 2. The number of rotatable bonds is 20. The maximum absolute atomic E-state index is 16.2. The van der Waals surface area contributed by atoms with Gasteiger partial charge in [0.1, 0.15) is 23.6 Å². The van der Waals surface area contributed by atoms with Crippen LogP contribution in [0.4, 0.5) is 39.3 Å². The highest BCUT2D eigenvalue weighted by Crippen LogP contribution is 2.39. The second-order valence-corrected chi connectivity index (χ2v) is 23.6. The summed E-state index contributed by atoms with van der Waals surface area (Å²) in [5, 5.41) is 20.4. The van der Waals surface area contributed by atoms with Crippen LogP contribution in [0.2, 0.25) is 0 Å². The van der Waals surface area contributed by atoms with Gasteiger partial charge in [0.05, 0.1) is 57.3 Å². The molecule has 3 fully saturated rings. The number of hydrogen-bond acceptors (Lipinski definition) is 15. The van der Waals surface area contributed by atoms with E-state index in [2.05, 4.69) is 35.6 Å². The van der Waals surface area contributed by atoms with Crippen molar-refractivity contribution in [1.82, 2.24) is 40.1 Å². The quantitative estimate of drug-likeness (QED) is 0.0481. The van der Waals surface area contributed by atoms with Crippen molar-refractivity contribution in [3.63, 3.8) is 0 Å². The number of halogens is 5. The molecular weight excluding hydrogens is 1130 g/mol. The number of amides is 4. The number of aromatic nitrogens is 4. The number of thiazole rings is 1. The molecule has 24 heteroatoms. The SMILES string of the molecule is Cc1ncsc1-c1ccc([C@H](C)NC(=O)[C@@H]2C[C@@H](O)CN2C(=O)[C@@H](c2cc(OCCCCCCC(=O)N3CCN(c4ncc(-c5cc(NC(=O)c6ccc(F)cc6C(F)(F)F)c(N6C[C@@H](C)N(C)[C@@H](C)C6)cc5F)cn4)CC3)no2)C(C)C)cc1. The average molecular weight is 1200 g/mol. The molecule has 9 rings (SSSR count). The number of carbonyl (C=O) groups is 4. The smallest absolute Gasteiger partial charge is 0.417 e. The van der Waals surface area contributed by atoms with Gasteiger partial charge in [-0.1, -0.05) is 51.0 Å². The number of β-amino-alcohol motifs (C(OH)–C–C–N with tert-alkyl or cyclic N) is 1. The third-order valence-electron chi connectivity index (χ3n) is 16.4. The van der Waals surface area contributed by atoms with Crippen LogP contribution < -0.4 is 25.2 Å². The second-order valence-electron chi connectivity index (χ2n) is 22.7. The molecule has 6 aromatic rings. The van der Waals surface area contributed by atoms with Crippen LogP contribution in [0.1, 0.15) is 118 Å². The number of aryl methyl sites for hydroxylation is 1. The monoisotopic (exact) mass is 1200 g/mol. The summed E-state index contributed by atoms with van der Waals surface area (Å²) < 4.78 is 83.7. The van der Waals surface area contributed by atoms with Crippen LogP contribution in [0, 0.1) is 24.5 Å². The van der Waals surface area contributed by atoms with Crippen molar-refractivity contribution in [2.24, 2.45) is 5.92 Å². The Morgan fingerprint density at radius 3 is 2.20 bits per heavy atom. The number of unbranched alkanes of at least 4 members (excludes halogenated alkanes) is 3. The molecule has 0 aliphatic carbocycles. The fourth-order valence-corrected chi connectivity index (χ4v) is 12.1. The van der Waals surface area contributed by atoms with E-state index in [1.165, 1.54) is 29.4 Å². The number of anilines is 3. The number of aliphatic hydroxyl groups is 1. The zero-order valence-corrected chi connectivity index (χ0v) is 49.5. The Kier molecular flexibility index (Phi) is 19.5. The van der Waals surface area contributed by atoms with Crippen LogP contribution in [0.5, 0.6) is 5.88 Å². The van der Waals surface area contributed by atoms with Gasteiger partial charge in [-0.2, -0.15) is 13.2 Å². The number of benzene rings is 3. The van der Waals surface area contributed by atoms with E-state index in [0.717, 1.165) is 46.7 Å². The standard InChI is InChI=1S/C61H72F5N11O7S/c1-35(2)55(59(82)77-33-44(78)25-51(77)58(81)70-38(5)40-13-15-41(16-14-40)56-39(6)69-34-85-56)52-28-53(72-84-52)83-23-11-9-8-10-12-54(79)74-19-21-75(22-20-74)60-67-29-42(30-68-60)46-26-49(50(27-48(46)63)76-31-36(3)73(7)37(4)32-76)71-57(80)45-18-17-43(62)24-47(45)61(64,65)66/h13-18,24,26-30,34-38,44,51,55,78H,8-12,19-23,25,31-33H2,1-7H3,(H,70,81)(H,71,80)/t36-,37+,38-,44+,51-,55+/m0/s1. The Hall–Kier alpha value is -7.57. The molecule has 3 N–H and O–H groups in total. The van der Waals surface area contributed by atoms with E-state index in [9.17, 15) is 41.8 Å². The number of ether oxygens (including phenoxy) is 1. The average Bonchev–Trinajstić information content (AvgIpc) is 2.04. The van der Waals surface area contributed by atoms with Crippen LogP contribution in [0.15, 0.2) is 83.1 Å². The summed E-state index contributed by atoms with van der Waals surface area (Å²) in [7, 11) is 1.97. The van der Waals surface area contributed by atoms with Gasteiger partial charge in [0.2, 0.25) is 23.7 Å². The number of alkyl halides is 3. The molecule has 0 unspecified atom stereocenters. The second kappa shape index (κ2) is 26.8. The third-order valence-corrected chi connectivity index (χ3v) is 17.3. The molecule has 454 valence electrons. The van der Waals surface area contributed by atoms with Crippen molar-refractivity contribution < 1.29 is 55.5 Å². The van der Waals surface area contributed by atoms with E-state index in [-0.39, 0.29) is 89.2 Å². The molecule has 3 saturated heterocycles. The highest BCUT2D eigenvalue weighted by molar-refractivity contribution is 7.13. The molecule has 0 saturated carbocycles. The molecule has 85 heavy (non-hydrogen) atoms. The van der Waals surface area contributed by atoms with Crippen molar-refractivity contribution in [1.29, 1.82) is 0 Å². The number of nitrogens with one attached hydrogen (secondary N) is 2. The van der Waals surface area contributed by atoms with E-state index < -0.39 is 52.9 Å². The fraction of sp³-hybridized carbons (Fsp3) is 0.475. The lowest BCUT2D eigenvalue weighted by atomic mass is 9.91. The predicted molar refractivity (Wildman–Crippen MR) is 312 cm³/mol. The predicted octanol–water partition coefficient (Wildman–Crippen LogP) is 9.90. The molecular formula is C61H72F5N11O7S. The third kappa shape index (κ3) is 14.6. The van der Waals surface area contributed by atoms with E-state index in [1.807, 2.05) is 88.2 Å². The molecule has 3 aromatic carbocycles. The van der Waals surface area contributed by atoms with Crippen LogP contribution in [0.25, 0.3) is 21.6 Å². The van der Waals surface area contributed by atoms with E-state index in [4.69, 9.17) is 9.26 Å². The molecule has 0 spiro atoms. The van der Waals surface area contributed by atoms with E-state index in [0.29, 0.717) is 76.8 Å². The van der Waals surface area contributed by atoms with E-state index >= 15 is 4.39 Å². The Labute approximate surface area is 494 Å². The Bertz CT molecular complexity index is 3310. The lowest BCUT2D eigenvalue weighted by Crippen LogP contribution is -2.55. The van der Waals surface area contributed by atoms with Gasteiger partial charge >= 0.3 is 6.18 Å². The first kappa shape index (κ1) is 62.0. The first-order valence-corrected chi connectivity index (χ1v) is 29.6. The summed E-state index contributed by atoms with van der Waals surface area (Å²) in [4.78, 5) is 78.4. The molecule has 18 nitrogen and oxygen atoms in total. The summed E-state index contributed by atoms with van der Waals surface area (Å²) in [5.74, 6) is -3.75. The molecule has 0 bridgehead atoms. The number of nitrogens with zero attached hydrogens (tertiary/aromatic N) is 9. The summed E-state index contributed by atoms with van der Waals surface area (Å²) >= 11 is 1.57. The van der Waals surface area contributed by atoms with Crippen molar-refractivity contribution in [3.8, 4) is 27.4 Å². The summed E-state index contributed by atoms with van der Waals surface area (Å²) in [6.07, 6.45) is 0.393. The van der Waals surface area contributed by atoms with Crippen LogP contribution in [-0.2, 0) is 20.6 Å². The highest BCUT2D eigenvalue weighted by Gasteiger charge is 2.44. The normalized spacial score (nSPS) is 19.3. The van der Waals surface area contributed by atoms with Crippen molar-refractivity contribution in [3.05, 3.63) is 118 Å². The fourth-order valence-electron chi connectivity index (χ4n) is 11.3. The van der Waals surface area contributed by atoms with E-state index in [1.54, 1.807) is 22.3 Å². The van der Waals surface area contributed by atoms with Crippen LogP contribution in [-0.4, -0.2) is 147 Å². The van der Waals surface area contributed by atoms with Gasteiger partial charge in [-0.3, -0.25) is 24.1 Å². The highest BCUT2D eigenvalue weighted by atomic mass is 32.1. The first-order valence-electron chi connectivity index (χ1n) is 28.8. The van der Waals surface area contributed by atoms with Gasteiger partial charge in [-0.15, -0.1) is 11.3 Å². The number of likely N-dealkylation sites (tertiary alicyclic amines) is 1.